The Morgan fingerprint density at radius 2 is 2.09 bits per heavy atom. The summed E-state index contributed by atoms with van der Waals surface area (Å²) in [6.07, 6.45) is 0. The highest BCUT2D eigenvalue weighted by atomic mass is 16.5. The smallest absolute Gasteiger partial charge is 0.335 e. The van der Waals surface area contributed by atoms with Gasteiger partial charge < -0.3 is 9.84 Å². The fraction of sp³-hybridized carbons (Fsp3) is 0.278. The zero-order valence-electron chi connectivity index (χ0n) is 12.5. The molecule has 1 N–H and O–H groups in total. The summed E-state index contributed by atoms with van der Waals surface area (Å²) in [6, 6.07) is 15.5. The molecule has 0 saturated carbocycles. The monoisotopic (exact) mass is 297 g/mol. The number of carbonyl (C=O) groups is 1. The lowest BCUT2D eigenvalue weighted by atomic mass is 10.1. The van der Waals surface area contributed by atoms with Gasteiger partial charge in [0.25, 0.3) is 0 Å². The highest BCUT2D eigenvalue weighted by Gasteiger charge is 2.21. The molecule has 0 bridgehead atoms. The molecule has 1 atom stereocenters. The maximum atomic E-state index is 11.1. The Kier molecular flexibility index (Phi) is 4.11. The zero-order valence-corrected chi connectivity index (χ0v) is 12.5. The minimum atomic E-state index is -0.889. The van der Waals surface area contributed by atoms with Gasteiger partial charge >= 0.3 is 5.97 Å². The number of para-hydroxylation sites is 1. The van der Waals surface area contributed by atoms with Crippen LogP contribution in [0.3, 0.4) is 0 Å². The van der Waals surface area contributed by atoms with Crippen molar-refractivity contribution in [1.29, 1.82) is 0 Å². The number of benzene rings is 2. The Hall–Kier alpha value is -2.33. The first-order chi connectivity index (χ1) is 10.6. The minimum absolute atomic E-state index is 0.265. The second kappa shape index (κ2) is 6.20. The first-order valence-electron chi connectivity index (χ1n) is 7.40. The van der Waals surface area contributed by atoms with E-state index in [1.54, 1.807) is 18.2 Å². The van der Waals surface area contributed by atoms with Crippen molar-refractivity contribution in [2.75, 3.05) is 6.61 Å². The summed E-state index contributed by atoms with van der Waals surface area (Å²) >= 11 is 0. The number of rotatable bonds is 3. The van der Waals surface area contributed by atoms with E-state index in [1.807, 2.05) is 24.3 Å². The molecule has 1 aliphatic heterocycles. The van der Waals surface area contributed by atoms with E-state index < -0.39 is 5.97 Å². The van der Waals surface area contributed by atoms with Crippen LogP contribution in [-0.2, 0) is 13.1 Å². The second-order valence-corrected chi connectivity index (χ2v) is 5.68. The van der Waals surface area contributed by atoms with E-state index in [2.05, 4.69) is 17.9 Å². The van der Waals surface area contributed by atoms with Gasteiger partial charge in [-0.25, -0.2) is 4.79 Å². The summed E-state index contributed by atoms with van der Waals surface area (Å²) in [7, 11) is 0. The van der Waals surface area contributed by atoms with Gasteiger partial charge in [0, 0.05) is 24.7 Å². The van der Waals surface area contributed by atoms with Crippen molar-refractivity contribution in [3.05, 3.63) is 65.2 Å². The van der Waals surface area contributed by atoms with Crippen molar-refractivity contribution in [3.8, 4) is 5.75 Å². The van der Waals surface area contributed by atoms with E-state index in [1.165, 1.54) is 5.56 Å². The molecule has 22 heavy (non-hydrogen) atoms. The van der Waals surface area contributed by atoms with Gasteiger partial charge in [0.15, 0.2) is 0 Å². The van der Waals surface area contributed by atoms with Crippen LogP contribution in [0.4, 0.5) is 0 Å². The van der Waals surface area contributed by atoms with Crippen LogP contribution >= 0.6 is 0 Å². The van der Waals surface area contributed by atoms with E-state index in [0.29, 0.717) is 18.7 Å². The second-order valence-electron chi connectivity index (χ2n) is 5.68. The Bertz CT molecular complexity index is 684. The van der Waals surface area contributed by atoms with Gasteiger partial charge in [0.05, 0.1) is 5.56 Å². The number of aromatic carboxylic acids is 1. The molecule has 0 saturated heterocycles. The van der Waals surface area contributed by atoms with Crippen LogP contribution < -0.4 is 4.74 Å². The molecule has 1 unspecified atom stereocenters. The van der Waals surface area contributed by atoms with E-state index in [9.17, 15) is 4.79 Å². The molecule has 114 valence electrons. The largest absolute Gasteiger partial charge is 0.492 e. The maximum absolute atomic E-state index is 11.1. The van der Waals surface area contributed by atoms with Crippen molar-refractivity contribution in [1.82, 2.24) is 4.90 Å². The van der Waals surface area contributed by atoms with Crippen molar-refractivity contribution < 1.29 is 14.6 Å². The average molecular weight is 297 g/mol. The van der Waals surface area contributed by atoms with Crippen LogP contribution in [0, 0.1) is 0 Å². The Balaban J connectivity index is 1.82. The standard InChI is InChI=1S/C18H19NO3/c1-13-12-22-17-8-3-2-6-16(17)11-19(13)10-14-5-4-7-15(9-14)18(20)21/h2-9,13H,10-12H2,1H3,(H,20,21). The Morgan fingerprint density at radius 3 is 2.91 bits per heavy atom. The lowest BCUT2D eigenvalue weighted by Gasteiger charge is -2.26. The predicted octanol–water partition coefficient (Wildman–Crippen LogP) is 3.17. The molecule has 0 aliphatic carbocycles. The number of carboxylic acid groups (broad SMARTS) is 1. The van der Waals surface area contributed by atoms with Crippen LogP contribution in [0.15, 0.2) is 48.5 Å². The minimum Gasteiger partial charge on any atom is -0.492 e. The number of fused-ring (bicyclic) bond motifs is 1. The molecular formula is C18H19NO3. The third kappa shape index (κ3) is 3.12. The molecule has 4 nitrogen and oxygen atoms in total. The van der Waals surface area contributed by atoms with Crippen molar-refractivity contribution in [3.63, 3.8) is 0 Å². The van der Waals surface area contributed by atoms with Gasteiger partial charge in [0.2, 0.25) is 0 Å². The molecule has 0 amide bonds. The van der Waals surface area contributed by atoms with Crippen molar-refractivity contribution >= 4 is 5.97 Å². The summed E-state index contributed by atoms with van der Waals surface area (Å²) in [4.78, 5) is 13.4. The lowest BCUT2D eigenvalue weighted by Crippen LogP contribution is -2.34. The van der Waals surface area contributed by atoms with E-state index in [4.69, 9.17) is 9.84 Å². The van der Waals surface area contributed by atoms with Gasteiger partial charge in [0.1, 0.15) is 12.4 Å². The molecule has 0 radical (unpaired) electrons. The van der Waals surface area contributed by atoms with Gasteiger partial charge in [-0.3, -0.25) is 4.90 Å². The number of carboxylic acids is 1. The topological polar surface area (TPSA) is 49.8 Å². The molecule has 4 heteroatoms. The molecule has 0 fully saturated rings. The van der Waals surface area contributed by atoms with E-state index >= 15 is 0 Å². The number of hydrogen-bond donors (Lipinski definition) is 1. The summed E-state index contributed by atoms with van der Waals surface area (Å²) in [6.45, 7) is 4.27. The Morgan fingerprint density at radius 1 is 1.27 bits per heavy atom. The van der Waals surface area contributed by atoms with Crippen LogP contribution in [-0.4, -0.2) is 28.6 Å². The summed E-state index contributed by atoms with van der Waals surface area (Å²) in [5.74, 6) is 0.0515. The number of hydrogen-bond acceptors (Lipinski definition) is 3. The van der Waals surface area contributed by atoms with E-state index in [-0.39, 0.29) is 6.04 Å². The molecule has 2 aromatic carbocycles. The lowest BCUT2D eigenvalue weighted by molar-refractivity contribution is 0.0696. The summed E-state index contributed by atoms with van der Waals surface area (Å²) in [5, 5.41) is 9.11. The highest BCUT2D eigenvalue weighted by molar-refractivity contribution is 5.87. The molecule has 1 aliphatic rings. The fourth-order valence-corrected chi connectivity index (χ4v) is 2.71. The predicted molar refractivity (Wildman–Crippen MR) is 84.0 cm³/mol. The zero-order chi connectivity index (χ0) is 15.5. The normalized spacial score (nSPS) is 18.1. The SMILES string of the molecule is CC1COc2ccccc2CN1Cc1cccc(C(=O)O)c1. The van der Waals surface area contributed by atoms with Crippen molar-refractivity contribution in [2.45, 2.75) is 26.1 Å². The molecular weight excluding hydrogens is 278 g/mol. The molecule has 2 aromatic rings. The van der Waals surface area contributed by atoms with Gasteiger partial charge in [-0.05, 0) is 30.7 Å². The van der Waals surface area contributed by atoms with E-state index in [0.717, 1.165) is 17.9 Å². The maximum Gasteiger partial charge on any atom is 0.335 e. The highest BCUT2D eigenvalue weighted by Crippen LogP contribution is 2.25. The quantitative estimate of drug-likeness (QED) is 0.945. The third-order valence-corrected chi connectivity index (χ3v) is 4.01. The molecule has 0 aromatic heterocycles. The van der Waals surface area contributed by atoms with Crippen molar-refractivity contribution in [2.24, 2.45) is 0 Å². The Labute approximate surface area is 130 Å². The van der Waals surface area contributed by atoms with Crippen LogP contribution in [0.5, 0.6) is 5.75 Å². The van der Waals surface area contributed by atoms with Gasteiger partial charge in [-0.2, -0.15) is 0 Å². The van der Waals surface area contributed by atoms with Crippen LogP contribution in [0.25, 0.3) is 0 Å². The molecule has 1 heterocycles. The average Bonchev–Trinajstić information content (AvgIpc) is 2.68. The third-order valence-electron chi connectivity index (χ3n) is 4.01. The van der Waals surface area contributed by atoms with Crippen LogP contribution in [0.2, 0.25) is 0 Å². The summed E-state index contributed by atoms with van der Waals surface area (Å²) in [5.41, 5.74) is 2.50. The van der Waals surface area contributed by atoms with Gasteiger partial charge in [-0.15, -0.1) is 0 Å². The first-order valence-corrected chi connectivity index (χ1v) is 7.40. The first kappa shape index (κ1) is 14.6. The molecule has 0 spiro atoms. The summed E-state index contributed by atoms with van der Waals surface area (Å²) < 4.78 is 5.85. The van der Waals surface area contributed by atoms with Crippen LogP contribution in [0.1, 0.15) is 28.4 Å². The number of ether oxygens (including phenoxy) is 1. The molecule has 3 rings (SSSR count). The van der Waals surface area contributed by atoms with Gasteiger partial charge in [-0.1, -0.05) is 30.3 Å². The fourth-order valence-electron chi connectivity index (χ4n) is 2.71. The number of nitrogens with zero attached hydrogens (tertiary/aromatic N) is 1.